The van der Waals surface area contributed by atoms with Crippen LogP contribution in [0.2, 0.25) is 0 Å². The monoisotopic (exact) mass is 466 g/mol. The molecule has 0 aromatic heterocycles. The highest BCUT2D eigenvalue weighted by atomic mass is 19.1. The summed E-state index contributed by atoms with van der Waals surface area (Å²) < 4.78 is 19.2. The Kier molecular flexibility index (Phi) is 8.21. The molecule has 0 saturated carbocycles. The highest BCUT2D eigenvalue weighted by Gasteiger charge is 2.37. The Morgan fingerprint density at radius 3 is 2.50 bits per heavy atom. The van der Waals surface area contributed by atoms with Crippen molar-refractivity contribution in [1.82, 2.24) is 10.2 Å². The molecule has 0 spiro atoms. The number of carbonyl (C=O) groups excluding carboxylic acids is 3. The second-order valence-electron chi connectivity index (χ2n) is 8.49. The number of nitrogens with zero attached hydrogens (tertiary/aromatic N) is 1. The third-order valence-corrected chi connectivity index (χ3v) is 6.12. The summed E-state index contributed by atoms with van der Waals surface area (Å²) in [6.45, 7) is 7.82. The SMILES string of the molecule is CCOC(=O)C1=C(C)N(Cc2ccc(C(=O)NC(C)CC)cc2)C(=O)CC1c1cccc(F)c1. The number of carbonyl (C=O) groups is 3. The van der Waals surface area contributed by atoms with Crippen LogP contribution in [0, 0.1) is 5.82 Å². The minimum absolute atomic E-state index is 0.0321. The summed E-state index contributed by atoms with van der Waals surface area (Å²) in [6, 6.07) is 13.1. The van der Waals surface area contributed by atoms with E-state index in [9.17, 15) is 18.8 Å². The van der Waals surface area contributed by atoms with Crippen LogP contribution in [0.15, 0.2) is 59.8 Å². The zero-order valence-electron chi connectivity index (χ0n) is 20.1. The fourth-order valence-corrected chi connectivity index (χ4v) is 4.04. The molecule has 6 nitrogen and oxygen atoms in total. The van der Waals surface area contributed by atoms with Crippen molar-refractivity contribution < 1.29 is 23.5 Å². The molecule has 180 valence electrons. The third kappa shape index (κ3) is 5.71. The zero-order chi connectivity index (χ0) is 24.8. The summed E-state index contributed by atoms with van der Waals surface area (Å²) in [5, 5.41) is 2.93. The number of nitrogens with one attached hydrogen (secondary N) is 1. The van der Waals surface area contributed by atoms with E-state index in [2.05, 4.69) is 5.32 Å². The van der Waals surface area contributed by atoms with Crippen LogP contribution in [0.25, 0.3) is 0 Å². The van der Waals surface area contributed by atoms with E-state index in [4.69, 9.17) is 4.74 Å². The van der Waals surface area contributed by atoms with Crippen LogP contribution in [0.4, 0.5) is 4.39 Å². The molecule has 1 aliphatic rings. The molecule has 2 atom stereocenters. The lowest BCUT2D eigenvalue weighted by molar-refractivity contribution is -0.140. The van der Waals surface area contributed by atoms with Crippen LogP contribution in [0.1, 0.15) is 67.9 Å². The van der Waals surface area contributed by atoms with Gasteiger partial charge in [-0.1, -0.05) is 31.2 Å². The van der Waals surface area contributed by atoms with E-state index >= 15 is 0 Å². The van der Waals surface area contributed by atoms with Crippen LogP contribution in [-0.2, 0) is 20.9 Å². The summed E-state index contributed by atoms with van der Waals surface area (Å²) in [6.07, 6.45) is 0.871. The molecular weight excluding hydrogens is 435 g/mol. The molecule has 2 aromatic carbocycles. The summed E-state index contributed by atoms with van der Waals surface area (Å²) in [5.41, 5.74) is 2.77. The van der Waals surface area contributed by atoms with E-state index < -0.39 is 17.7 Å². The fourth-order valence-electron chi connectivity index (χ4n) is 4.04. The average molecular weight is 467 g/mol. The predicted molar refractivity (Wildman–Crippen MR) is 127 cm³/mol. The van der Waals surface area contributed by atoms with Gasteiger partial charge >= 0.3 is 5.97 Å². The van der Waals surface area contributed by atoms with Crippen molar-refractivity contribution in [3.05, 3.63) is 82.3 Å². The first-order valence-electron chi connectivity index (χ1n) is 11.6. The van der Waals surface area contributed by atoms with Gasteiger partial charge in [0.1, 0.15) is 5.82 Å². The second-order valence-corrected chi connectivity index (χ2v) is 8.49. The molecule has 7 heteroatoms. The number of hydrogen-bond donors (Lipinski definition) is 1. The zero-order valence-corrected chi connectivity index (χ0v) is 20.1. The van der Waals surface area contributed by atoms with Crippen LogP contribution in [0.5, 0.6) is 0 Å². The van der Waals surface area contributed by atoms with Crippen LogP contribution in [0.3, 0.4) is 0 Å². The number of hydrogen-bond acceptors (Lipinski definition) is 4. The van der Waals surface area contributed by atoms with Crippen molar-refractivity contribution >= 4 is 17.8 Å². The van der Waals surface area contributed by atoms with Crippen molar-refractivity contribution in [2.24, 2.45) is 0 Å². The number of ether oxygens (including phenoxy) is 1. The summed E-state index contributed by atoms with van der Waals surface area (Å²) >= 11 is 0. The fraction of sp³-hybridized carbons (Fsp3) is 0.370. The maximum atomic E-state index is 13.9. The van der Waals surface area contributed by atoms with Gasteiger partial charge in [-0.3, -0.25) is 9.59 Å². The number of amides is 2. The Balaban J connectivity index is 1.89. The number of halogens is 1. The minimum Gasteiger partial charge on any atom is -0.463 e. The molecule has 2 unspecified atom stereocenters. The highest BCUT2D eigenvalue weighted by Crippen LogP contribution is 2.37. The van der Waals surface area contributed by atoms with Gasteiger partial charge < -0.3 is 15.0 Å². The lowest BCUT2D eigenvalue weighted by Gasteiger charge is -2.34. The predicted octanol–water partition coefficient (Wildman–Crippen LogP) is 4.71. The Morgan fingerprint density at radius 2 is 1.88 bits per heavy atom. The number of allylic oxidation sites excluding steroid dienone is 1. The molecule has 1 N–H and O–H groups in total. The lowest BCUT2D eigenvalue weighted by atomic mass is 9.83. The van der Waals surface area contributed by atoms with Gasteiger partial charge in [0.2, 0.25) is 5.91 Å². The topological polar surface area (TPSA) is 75.7 Å². The molecule has 0 fully saturated rings. The van der Waals surface area contributed by atoms with Crippen molar-refractivity contribution in [1.29, 1.82) is 0 Å². The second kappa shape index (κ2) is 11.1. The van der Waals surface area contributed by atoms with Crippen LogP contribution >= 0.6 is 0 Å². The van der Waals surface area contributed by atoms with Gasteiger partial charge in [0.25, 0.3) is 5.91 Å². The average Bonchev–Trinajstić information content (AvgIpc) is 2.81. The third-order valence-electron chi connectivity index (χ3n) is 6.12. The Morgan fingerprint density at radius 1 is 1.18 bits per heavy atom. The lowest BCUT2D eigenvalue weighted by Crippen LogP contribution is -2.38. The molecule has 1 heterocycles. The van der Waals surface area contributed by atoms with Gasteiger partial charge in [0.05, 0.1) is 18.7 Å². The van der Waals surface area contributed by atoms with Gasteiger partial charge in [-0.25, -0.2) is 9.18 Å². The summed E-state index contributed by atoms with van der Waals surface area (Å²) in [7, 11) is 0. The van der Waals surface area contributed by atoms with Crippen molar-refractivity contribution in [3.63, 3.8) is 0 Å². The van der Waals surface area contributed by atoms with Crippen molar-refractivity contribution in [2.75, 3.05) is 6.61 Å². The molecule has 0 aliphatic carbocycles. The standard InChI is InChI=1S/C27H31FN2O4/c1-5-17(3)29-26(32)20-12-10-19(11-13-20)16-30-18(4)25(27(33)34-6-2)23(15-24(30)31)21-8-7-9-22(28)14-21/h7-14,17,23H,5-6,15-16H2,1-4H3,(H,29,32). The molecular formula is C27H31FN2O4. The molecule has 2 aromatic rings. The molecule has 0 saturated heterocycles. The van der Waals surface area contributed by atoms with Gasteiger partial charge in [0.15, 0.2) is 0 Å². The highest BCUT2D eigenvalue weighted by molar-refractivity contribution is 5.96. The largest absolute Gasteiger partial charge is 0.463 e. The first-order valence-corrected chi connectivity index (χ1v) is 11.6. The normalized spacial score (nSPS) is 16.9. The van der Waals surface area contributed by atoms with Crippen molar-refractivity contribution in [3.8, 4) is 0 Å². The molecule has 34 heavy (non-hydrogen) atoms. The van der Waals surface area contributed by atoms with Crippen molar-refractivity contribution in [2.45, 2.75) is 59.0 Å². The molecule has 2 amide bonds. The van der Waals surface area contributed by atoms with E-state index in [0.717, 1.165) is 12.0 Å². The summed E-state index contributed by atoms with van der Waals surface area (Å²) in [4.78, 5) is 39.9. The molecule has 0 bridgehead atoms. The van der Waals surface area contributed by atoms with E-state index in [1.165, 1.54) is 12.1 Å². The van der Waals surface area contributed by atoms with Crippen LogP contribution in [-0.4, -0.2) is 35.3 Å². The van der Waals surface area contributed by atoms with Crippen LogP contribution < -0.4 is 5.32 Å². The van der Waals surface area contributed by atoms with E-state index in [-0.39, 0.29) is 37.4 Å². The van der Waals surface area contributed by atoms with Gasteiger partial charge in [-0.15, -0.1) is 0 Å². The maximum absolute atomic E-state index is 13.9. The van der Waals surface area contributed by atoms with E-state index in [1.54, 1.807) is 55.1 Å². The maximum Gasteiger partial charge on any atom is 0.336 e. The van der Waals surface area contributed by atoms with Gasteiger partial charge in [-0.2, -0.15) is 0 Å². The first kappa shape index (κ1) is 25.1. The molecule has 3 rings (SSSR count). The minimum atomic E-state index is -0.579. The van der Waals surface area contributed by atoms with E-state index in [1.807, 2.05) is 13.8 Å². The number of benzene rings is 2. The quantitative estimate of drug-likeness (QED) is 0.572. The Hall–Kier alpha value is -3.48. The summed E-state index contributed by atoms with van der Waals surface area (Å²) in [5.74, 6) is -1.83. The van der Waals surface area contributed by atoms with Gasteiger partial charge in [0, 0.05) is 29.6 Å². The first-order chi connectivity index (χ1) is 16.2. The smallest absolute Gasteiger partial charge is 0.336 e. The molecule has 1 aliphatic heterocycles. The molecule has 0 radical (unpaired) electrons. The number of esters is 1. The van der Waals surface area contributed by atoms with E-state index in [0.29, 0.717) is 22.4 Å². The Labute approximate surface area is 199 Å². The Bertz CT molecular complexity index is 1090. The number of rotatable bonds is 8. The van der Waals surface area contributed by atoms with Gasteiger partial charge in [-0.05, 0) is 62.6 Å².